The van der Waals surface area contributed by atoms with Gasteiger partial charge in [0.1, 0.15) is 12.1 Å². The van der Waals surface area contributed by atoms with Gasteiger partial charge in [0, 0.05) is 0 Å². The van der Waals surface area contributed by atoms with Crippen molar-refractivity contribution >= 4 is 11.9 Å². The standard InChI is InChI=1S/C11H20N2O3/c1-3-7(2)9(12)11(15)16-10(14)8-5-4-6-13-8/h7-9,13H,3-6,12H2,1-2H3/t7-,8+,9-/m1/s1. The van der Waals surface area contributed by atoms with Gasteiger partial charge in [0.25, 0.3) is 0 Å². The number of carbonyl (C=O) groups excluding carboxylic acids is 2. The zero-order valence-corrected chi connectivity index (χ0v) is 9.86. The van der Waals surface area contributed by atoms with Crippen molar-refractivity contribution in [3.05, 3.63) is 0 Å². The third kappa shape index (κ3) is 3.28. The highest BCUT2D eigenvalue weighted by Gasteiger charge is 2.29. The molecule has 1 saturated heterocycles. The summed E-state index contributed by atoms with van der Waals surface area (Å²) >= 11 is 0. The summed E-state index contributed by atoms with van der Waals surface area (Å²) in [6, 6.07) is -1.05. The third-order valence-corrected chi connectivity index (χ3v) is 3.08. The lowest BCUT2D eigenvalue weighted by atomic mass is 10.0. The molecule has 1 aliphatic rings. The summed E-state index contributed by atoms with van der Waals surface area (Å²) in [6.45, 7) is 4.60. The quantitative estimate of drug-likeness (QED) is 0.530. The van der Waals surface area contributed by atoms with Gasteiger partial charge in [-0.15, -0.1) is 0 Å². The number of ether oxygens (including phenoxy) is 1. The van der Waals surface area contributed by atoms with Crippen LogP contribution in [0.15, 0.2) is 0 Å². The smallest absolute Gasteiger partial charge is 0.330 e. The molecule has 5 nitrogen and oxygen atoms in total. The molecule has 1 aliphatic heterocycles. The highest BCUT2D eigenvalue weighted by molar-refractivity contribution is 5.91. The highest BCUT2D eigenvalue weighted by atomic mass is 16.6. The molecular weight excluding hydrogens is 208 g/mol. The maximum Gasteiger partial charge on any atom is 0.330 e. The first-order valence-electron chi connectivity index (χ1n) is 5.80. The predicted molar refractivity (Wildman–Crippen MR) is 59.6 cm³/mol. The Morgan fingerprint density at radius 1 is 1.56 bits per heavy atom. The van der Waals surface area contributed by atoms with Crippen LogP contribution in [-0.2, 0) is 14.3 Å². The summed E-state index contributed by atoms with van der Waals surface area (Å²) in [6.07, 6.45) is 2.45. The predicted octanol–water partition coefficient (Wildman–Crippen LogP) is 0.182. The molecule has 0 bridgehead atoms. The summed E-state index contributed by atoms with van der Waals surface area (Å²) < 4.78 is 4.75. The number of carbonyl (C=O) groups is 2. The van der Waals surface area contributed by atoms with Gasteiger partial charge >= 0.3 is 11.9 Å². The van der Waals surface area contributed by atoms with E-state index in [9.17, 15) is 9.59 Å². The zero-order chi connectivity index (χ0) is 12.1. The fraction of sp³-hybridized carbons (Fsp3) is 0.818. The summed E-state index contributed by atoms with van der Waals surface area (Å²) in [5.74, 6) is -1.09. The van der Waals surface area contributed by atoms with Crippen LogP contribution in [0.1, 0.15) is 33.1 Å². The number of esters is 2. The first kappa shape index (κ1) is 13.1. The van der Waals surface area contributed by atoms with E-state index >= 15 is 0 Å². The molecule has 3 atom stereocenters. The van der Waals surface area contributed by atoms with Gasteiger partial charge in [0.15, 0.2) is 0 Å². The van der Waals surface area contributed by atoms with Crippen LogP contribution in [-0.4, -0.2) is 30.6 Å². The second-order valence-corrected chi connectivity index (χ2v) is 4.30. The minimum atomic E-state index is -0.713. The van der Waals surface area contributed by atoms with Crippen LogP contribution in [0.5, 0.6) is 0 Å². The van der Waals surface area contributed by atoms with Gasteiger partial charge in [-0.2, -0.15) is 0 Å². The Morgan fingerprint density at radius 2 is 2.25 bits per heavy atom. The average molecular weight is 228 g/mol. The van der Waals surface area contributed by atoms with Gasteiger partial charge in [-0.25, -0.2) is 9.59 Å². The first-order chi connectivity index (χ1) is 7.56. The SMILES string of the molecule is CC[C@@H](C)[C@@H](N)C(=O)OC(=O)[C@@H]1CCCN1. The molecule has 0 unspecified atom stereocenters. The lowest BCUT2D eigenvalue weighted by molar-refractivity contribution is -0.162. The van der Waals surface area contributed by atoms with Crippen LogP contribution in [0.25, 0.3) is 0 Å². The third-order valence-electron chi connectivity index (χ3n) is 3.08. The molecule has 0 aromatic rings. The number of rotatable bonds is 4. The Labute approximate surface area is 95.7 Å². The fourth-order valence-corrected chi connectivity index (χ4v) is 1.61. The second kappa shape index (κ2) is 5.96. The molecule has 1 heterocycles. The molecule has 0 spiro atoms. The average Bonchev–Trinajstić information content (AvgIpc) is 2.80. The molecule has 0 aliphatic carbocycles. The topological polar surface area (TPSA) is 81.4 Å². The van der Waals surface area contributed by atoms with Gasteiger partial charge in [0.2, 0.25) is 0 Å². The Morgan fingerprint density at radius 3 is 2.75 bits per heavy atom. The summed E-state index contributed by atoms with van der Waals surface area (Å²) in [4.78, 5) is 23.0. The van der Waals surface area contributed by atoms with E-state index in [0.717, 1.165) is 25.8 Å². The van der Waals surface area contributed by atoms with Crippen LogP contribution in [0.3, 0.4) is 0 Å². The van der Waals surface area contributed by atoms with Crippen molar-refractivity contribution in [3.8, 4) is 0 Å². The fourth-order valence-electron chi connectivity index (χ4n) is 1.61. The molecule has 5 heteroatoms. The molecule has 0 amide bonds. The molecule has 1 rings (SSSR count). The van der Waals surface area contributed by atoms with Crippen LogP contribution in [0, 0.1) is 5.92 Å². The molecule has 1 fully saturated rings. The van der Waals surface area contributed by atoms with E-state index in [0.29, 0.717) is 0 Å². The summed E-state index contributed by atoms with van der Waals surface area (Å²) in [7, 11) is 0. The molecule has 0 aromatic heterocycles. The van der Waals surface area contributed by atoms with Crippen LogP contribution in [0.2, 0.25) is 0 Å². The lowest BCUT2D eigenvalue weighted by Crippen LogP contribution is -2.42. The van der Waals surface area contributed by atoms with Crippen molar-refractivity contribution in [2.24, 2.45) is 11.7 Å². The highest BCUT2D eigenvalue weighted by Crippen LogP contribution is 2.10. The molecule has 16 heavy (non-hydrogen) atoms. The Kier molecular flexibility index (Phi) is 4.89. The largest absolute Gasteiger partial charge is 0.391 e. The minimum absolute atomic E-state index is 0.0248. The first-order valence-corrected chi connectivity index (χ1v) is 5.80. The van der Waals surface area contributed by atoms with Gasteiger partial charge in [-0.05, 0) is 25.3 Å². The number of nitrogens with one attached hydrogen (secondary N) is 1. The second-order valence-electron chi connectivity index (χ2n) is 4.30. The van der Waals surface area contributed by atoms with Gasteiger partial charge in [0.05, 0.1) is 0 Å². The Hall–Kier alpha value is -0.940. The normalized spacial score (nSPS) is 23.8. The summed E-state index contributed by atoms with van der Waals surface area (Å²) in [5, 5.41) is 2.98. The van der Waals surface area contributed by atoms with Crippen molar-refractivity contribution in [3.63, 3.8) is 0 Å². The van der Waals surface area contributed by atoms with E-state index in [1.165, 1.54) is 0 Å². The van der Waals surface area contributed by atoms with E-state index in [1.54, 1.807) is 0 Å². The van der Waals surface area contributed by atoms with Crippen LogP contribution in [0.4, 0.5) is 0 Å². The van der Waals surface area contributed by atoms with Crippen molar-refractivity contribution in [1.82, 2.24) is 5.32 Å². The van der Waals surface area contributed by atoms with E-state index in [2.05, 4.69) is 5.32 Å². The molecule has 92 valence electrons. The van der Waals surface area contributed by atoms with E-state index in [1.807, 2.05) is 13.8 Å². The maximum atomic E-state index is 11.5. The molecular formula is C11H20N2O3. The van der Waals surface area contributed by atoms with Crippen molar-refractivity contribution < 1.29 is 14.3 Å². The number of hydrogen-bond acceptors (Lipinski definition) is 5. The monoisotopic (exact) mass is 228 g/mol. The number of nitrogens with two attached hydrogens (primary N) is 1. The maximum absolute atomic E-state index is 11.5. The van der Waals surface area contributed by atoms with Crippen LogP contribution >= 0.6 is 0 Å². The Balaban J connectivity index is 2.41. The van der Waals surface area contributed by atoms with Crippen molar-refractivity contribution in [2.75, 3.05) is 6.54 Å². The zero-order valence-electron chi connectivity index (χ0n) is 9.86. The minimum Gasteiger partial charge on any atom is -0.391 e. The van der Waals surface area contributed by atoms with E-state index in [-0.39, 0.29) is 12.0 Å². The molecule has 0 aromatic carbocycles. The molecule has 0 radical (unpaired) electrons. The van der Waals surface area contributed by atoms with Crippen molar-refractivity contribution in [1.29, 1.82) is 0 Å². The number of hydrogen-bond donors (Lipinski definition) is 2. The van der Waals surface area contributed by atoms with Crippen molar-refractivity contribution in [2.45, 2.75) is 45.2 Å². The van der Waals surface area contributed by atoms with E-state index in [4.69, 9.17) is 10.5 Å². The van der Waals surface area contributed by atoms with Gasteiger partial charge < -0.3 is 15.8 Å². The molecule has 3 N–H and O–H groups in total. The summed E-state index contributed by atoms with van der Waals surface area (Å²) in [5.41, 5.74) is 5.67. The van der Waals surface area contributed by atoms with Gasteiger partial charge in [-0.1, -0.05) is 20.3 Å². The van der Waals surface area contributed by atoms with E-state index < -0.39 is 18.0 Å². The van der Waals surface area contributed by atoms with Gasteiger partial charge in [-0.3, -0.25) is 0 Å². The molecule has 0 saturated carbocycles. The van der Waals surface area contributed by atoms with Crippen LogP contribution < -0.4 is 11.1 Å². The Bertz CT molecular complexity index is 262. The lowest BCUT2D eigenvalue weighted by Gasteiger charge is -2.17.